The van der Waals surface area contributed by atoms with Gasteiger partial charge in [0.15, 0.2) is 0 Å². The Kier molecular flexibility index (Phi) is 5.22. The Hall–Kier alpha value is -0.170. The molecular formula is C13H26N2O3S. The van der Waals surface area contributed by atoms with Crippen molar-refractivity contribution in [2.24, 2.45) is 5.92 Å². The van der Waals surface area contributed by atoms with Crippen molar-refractivity contribution in [3.63, 3.8) is 0 Å². The predicted octanol–water partition coefficient (Wildman–Crippen LogP) is 0.551. The van der Waals surface area contributed by atoms with Crippen molar-refractivity contribution < 1.29 is 13.5 Å². The average Bonchev–Trinajstić information content (AvgIpc) is 2.41. The summed E-state index contributed by atoms with van der Waals surface area (Å²) in [5.41, 5.74) is 0. The Morgan fingerprint density at radius 3 is 2.74 bits per heavy atom. The lowest BCUT2D eigenvalue weighted by Gasteiger charge is -2.34. The third-order valence-electron chi connectivity index (χ3n) is 4.41. The minimum absolute atomic E-state index is 0.200. The second kappa shape index (κ2) is 6.52. The number of sulfonamides is 1. The number of nitrogens with zero attached hydrogens (tertiary/aromatic N) is 1. The first-order chi connectivity index (χ1) is 8.99. The van der Waals surface area contributed by atoms with E-state index in [-0.39, 0.29) is 18.2 Å². The van der Waals surface area contributed by atoms with E-state index < -0.39 is 16.1 Å². The molecule has 6 heteroatoms. The van der Waals surface area contributed by atoms with Gasteiger partial charge in [0.05, 0.1) is 11.9 Å². The highest BCUT2D eigenvalue weighted by Gasteiger charge is 2.31. The fraction of sp³-hybridized carbons (Fsp3) is 1.00. The molecule has 5 nitrogen and oxygen atoms in total. The molecule has 2 fully saturated rings. The highest BCUT2D eigenvalue weighted by Crippen LogP contribution is 2.21. The number of aliphatic hydroxyl groups excluding tert-OH is 1. The van der Waals surface area contributed by atoms with Crippen LogP contribution in [0.5, 0.6) is 0 Å². The molecular weight excluding hydrogens is 264 g/mol. The van der Waals surface area contributed by atoms with Gasteiger partial charge in [-0.1, -0.05) is 13.3 Å². The molecule has 0 bridgehead atoms. The Bertz CT molecular complexity index is 379. The maximum atomic E-state index is 12.3. The Labute approximate surface area is 116 Å². The summed E-state index contributed by atoms with van der Waals surface area (Å²) in [4.78, 5) is 0. The number of hydrogen-bond acceptors (Lipinski definition) is 4. The van der Waals surface area contributed by atoms with E-state index >= 15 is 0 Å². The first kappa shape index (κ1) is 15.2. The molecule has 0 saturated carbocycles. The third kappa shape index (κ3) is 4.15. The summed E-state index contributed by atoms with van der Waals surface area (Å²) in [5, 5.41) is 13.2. The lowest BCUT2D eigenvalue weighted by atomic mass is 9.98. The predicted molar refractivity (Wildman–Crippen MR) is 75.4 cm³/mol. The summed E-state index contributed by atoms with van der Waals surface area (Å²) in [7, 11) is -3.21. The Balaban J connectivity index is 1.84. The van der Waals surface area contributed by atoms with Crippen molar-refractivity contribution in [3.8, 4) is 0 Å². The molecule has 112 valence electrons. The van der Waals surface area contributed by atoms with Gasteiger partial charge in [0.1, 0.15) is 0 Å². The Morgan fingerprint density at radius 2 is 2.11 bits per heavy atom. The summed E-state index contributed by atoms with van der Waals surface area (Å²) in [5.74, 6) is 0.401. The molecule has 2 aliphatic rings. The van der Waals surface area contributed by atoms with Crippen LogP contribution in [0.2, 0.25) is 0 Å². The van der Waals surface area contributed by atoms with E-state index in [4.69, 9.17) is 0 Å². The fourth-order valence-corrected chi connectivity index (χ4v) is 4.47. The number of piperidine rings is 2. The van der Waals surface area contributed by atoms with E-state index in [1.165, 1.54) is 17.1 Å². The van der Waals surface area contributed by atoms with Crippen LogP contribution >= 0.6 is 0 Å². The van der Waals surface area contributed by atoms with E-state index in [0.29, 0.717) is 19.0 Å². The number of hydrogen-bond donors (Lipinski definition) is 2. The van der Waals surface area contributed by atoms with E-state index in [1.807, 2.05) is 6.92 Å². The SMILES string of the molecule is CC1CCN(S(=O)(=O)CCC2CCCCN2)CC1O. The maximum Gasteiger partial charge on any atom is 0.214 e. The van der Waals surface area contributed by atoms with Crippen LogP contribution in [0.4, 0.5) is 0 Å². The Morgan fingerprint density at radius 1 is 1.32 bits per heavy atom. The molecule has 0 aliphatic carbocycles. The second-order valence-electron chi connectivity index (χ2n) is 5.94. The molecule has 0 aromatic heterocycles. The number of rotatable bonds is 4. The van der Waals surface area contributed by atoms with Crippen LogP contribution in [-0.2, 0) is 10.0 Å². The molecule has 3 atom stereocenters. The molecule has 2 heterocycles. The van der Waals surface area contributed by atoms with Gasteiger partial charge in [-0.05, 0) is 38.1 Å². The van der Waals surface area contributed by atoms with Gasteiger partial charge in [-0.15, -0.1) is 0 Å². The quantitative estimate of drug-likeness (QED) is 0.793. The van der Waals surface area contributed by atoms with Crippen LogP contribution in [0.3, 0.4) is 0 Å². The van der Waals surface area contributed by atoms with Crippen LogP contribution < -0.4 is 5.32 Å². The summed E-state index contributed by atoms with van der Waals surface area (Å²) < 4.78 is 26.0. The fourth-order valence-electron chi connectivity index (χ4n) is 2.86. The molecule has 0 radical (unpaired) electrons. The lowest BCUT2D eigenvalue weighted by Crippen LogP contribution is -2.47. The van der Waals surface area contributed by atoms with Gasteiger partial charge < -0.3 is 10.4 Å². The summed E-state index contributed by atoms with van der Waals surface area (Å²) in [6, 6.07) is 0.345. The molecule has 2 aliphatic heterocycles. The van der Waals surface area contributed by atoms with Crippen molar-refractivity contribution in [1.82, 2.24) is 9.62 Å². The van der Waals surface area contributed by atoms with Crippen molar-refractivity contribution in [3.05, 3.63) is 0 Å². The molecule has 19 heavy (non-hydrogen) atoms. The van der Waals surface area contributed by atoms with E-state index in [9.17, 15) is 13.5 Å². The minimum atomic E-state index is -3.21. The average molecular weight is 290 g/mol. The molecule has 2 N–H and O–H groups in total. The molecule has 0 aromatic carbocycles. The normalized spacial score (nSPS) is 34.3. The summed E-state index contributed by atoms with van der Waals surface area (Å²) in [6.45, 7) is 3.80. The molecule has 0 aromatic rings. The van der Waals surface area contributed by atoms with Crippen LogP contribution in [0.25, 0.3) is 0 Å². The molecule has 2 saturated heterocycles. The van der Waals surface area contributed by atoms with E-state index in [1.54, 1.807) is 0 Å². The molecule has 0 amide bonds. The third-order valence-corrected chi connectivity index (χ3v) is 6.28. The smallest absolute Gasteiger partial charge is 0.214 e. The molecule has 0 spiro atoms. The highest BCUT2D eigenvalue weighted by atomic mass is 32.2. The summed E-state index contributed by atoms with van der Waals surface area (Å²) >= 11 is 0. The summed E-state index contributed by atoms with van der Waals surface area (Å²) in [6.07, 6.45) is 4.38. The number of β-amino-alcohol motifs (C(OH)–C–C–N with tert-alkyl or cyclic N) is 1. The van der Waals surface area contributed by atoms with Crippen molar-refractivity contribution >= 4 is 10.0 Å². The topological polar surface area (TPSA) is 69.6 Å². The molecule has 3 unspecified atom stereocenters. The van der Waals surface area contributed by atoms with E-state index in [2.05, 4.69) is 5.32 Å². The van der Waals surface area contributed by atoms with Gasteiger partial charge >= 0.3 is 0 Å². The first-order valence-electron chi connectivity index (χ1n) is 7.38. The zero-order chi connectivity index (χ0) is 13.9. The van der Waals surface area contributed by atoms with Gasteiger partial charge in [0.25, 0.3) is 0 Å². The van der Waals surface area contributed by atoms with Crippen LogP contribution in [0, 0.1) is 5.92 Å². The van der Waals surface area contributed by atoms with Gasteiger partial charge in [-0.3, -0.25) is 0 Å². The monoisotopic (exact) mass is 290 g/mol. The second-order valence-corrected chi connectivity index (χ2v) is 8.03. The highest BCUT2D eigenvalue weighted by molar-refractivity contribution is 7.89. The lowest BCUT2D eigenvalue weighted by molar-refractivity contribution is 0.0605. The van der Waals surface area contributed by atoms with Crippen molar-refractivity contribution in [2.75, 3.05) is 25.4 Å². The van der Waals surface area contributed by atoms with Gasteiger partial charge in [0, 0.05) is 19.1 Å². The number of nitrogens with one attached hydrogen (secondary N) is 1. The van der Waals surface area contributed by atoms with Crippen LogP contribution in [0.1, 0.15) is 39.0 Å². The maximum absolute atomic E-state index is 12.3. The standard InChI is InChI=1S/C13H26N2O3S/c1-11-5-8-15(10-13(11)16)19(17,18)9-6-12-4-2-3-7-14-12/h11-14,16H,2-10H2,1H3. The van der Waals surface area contributed by atoms with Gasteiger partial charge in [0.2, 0.25) is 10.0 Å². The number of aliphatic hydroxyl groups is 1. The van der Waals surface area contributed by atoms with Crippen LogP contribution in [0.15, 0.2) is 0 Å². The zero-order valence-electron chi connectivity index (χ0n) is 11.7. The largest absolute Gasteiger partial charge is 0.391 e. The first-order valence-corrected chi connectivity index (χ1v) is 8.99. The molecule has 2 rings (SSSR count). The van der Waals surface area contributed by atoms with E-state index in [0.717, 1.165) is 19.4 Å². The van der Waals surface area contributed by atoms with Crippen molar-refractivity contribution in [2.45, 2.75) is 51.2 Å². The van der Waals surface area contributed by atoms with Crippen molar-refractivity contribution in [1.29, 1.82) is 0 Å². The van der Waals surface area contributed by atoms with Gasteiger partial charge in [-0.2, -0.15) is 4.31 Å². The zero-order valence-corrected chi connectivity index (χ0v) is 12.5. The minimum Gasteiger partial charge on any atom is -0.391 e. The van der Waals surface area contributed by atoms with Gasteiger partial charge in [-0.25, -0.2) is 8.42 Å². The van der Waals surface area contributed by atoms with Crippen LogP contribution in [-0.4, -0.2) is 55.4 Å².